The van der Waals surface area contributed by atoms with Crippen LogP contribution in [0.5, 0.6) is 5.75 Å². The van der Waals surface area contributed by atoms with Crippen LogP contribution < -0.4 is 10.1 Å². The summed E-state index contributed by atoms with van der Waals surface area (Å²) in [4.78, 5) is 0. The van der Waals surface area contributed by atoms with Gasteiger partial charge >= 0.3 is 0 Å². The predicted octanol–water partition coefficient (Wildman–Crippen LogP) is 2.88. The highest BCUT2D eigenvalue weighted by Gasteiger charge is 2.21. The van der Waals surface area contributed by atoms with Crippen molar-refractivity contribution in [1.29, 1.82) is 0 Å². The Morgan fingerprint density at radius 1 is 1.28 bits per heavy atom. The molecule has 1 atom stereocenters. The van der Waals surface area contributed by atoms with E-state index in [-0.39, 0.29) is 0 Å². The molecule has 1 aliphatic rings. The molecule has 0 bridgehead atoms. The van der Waals surface area contributed by atoms with Crippen molar-refractivity contribution in [2.75, 3.05) is 13.1 Å². The van der Waals surface area contributed by atoms with Crippen molar-refractivity contribution in [2.24, 2.45) is 0 Å². The van der Waals surface area contributed by atoms with Crippen molar-refractivity contribution in [2.45, 2.75) is 18.9 Å². The maximum absolute atomic E-state index is 5.88. The molecule has 1 aromatic heterocycles. The minimum Gasteiger partial charge on any atom is -0.488 e. The minimum atomic E-state index is 0.296. The van der Waals surface area contributed by atoms with Gasteiger partial charge in [0.1, 0.15) is 11.9 Å². The van der Waals surface area contributed by atoms with E-state index < -0.39 is 0 Å². The number of rotatable bonds is 5. The van der Waals surface area contributed by atoms with E-state index in [0.717, 1.165) is 31.7 Å². The Balaban J connectivity index is 1.41. The number of ether oxygens (including phenoxy) is 1. The first-order chi connectivity index (χ1) is 8.92. The molecule has 94 valence electrons. The molecule has 0 radical (unpaired) electrons. The van der Waals surface area contributed by atoms with Crippen LogP contribution in [0.1, 0.15) is 11.1 Å². The molecule has 0 saturated carbocycles. The third kappa shape index (κ3) is 2.74. The third-order valence-corrected chi connectivity index (χ3v) is 3.99. The fraction of sp³-hybridized carbons (Fsp3) is 0.333. The molecule has 18 heavy (non-hydrogen) atoms. The molecule has 0 fully saturated rings. The largest absolute Gasteiger partial charge is 0.488 e. The second-order valence-corrected chi connectivity index (χ2v) is 5.42. The van der Waals surface area contributed by atoms with E-state index >= 15 is 0 Å². The van der Waals surface area contributed by atoms with Gasteiger partial charge in [-0.25, -0.2) is 0 Å². The lowest BCUT2D eigenvalue weighted by atomic mass is 10.1. The highest BCUT2D eigenvalue weighted by molar-refractivity contribution is 7.07. The first kappa shape index (κ1) is 11.8. The first-order valence-corrected chi connectivity index (χ1v) is 7.32. The second-order valence-electron chi connectivity index (χ2n) is 4.64. The average Bonchev–Trinajstić information content (AvgIpc) is 3.03. The highest BCUT2D eigenvalue weighted by Crippen LogP contribution is 2.27. The zero-order valence-electron chi connectivity index (χ0n) is 10.3. The Hall–Kier alpha value is -1.32. The van der Waals surface area contributed by atoms with Gasteiger partial charge in [0.25, 0.3) is 0 Å². The van der Waals surface area contributed by atoms with Crippen LogP contribution in [0.15, 0.2) is 41.1 Å². The van der Waals surface area contributed by atoms with Crippen LogP contribution in [0, 0.1) is 0 Å². The molecule has 2 aromatic rings. The predicted molar refractivity (Wildman–Crippen MR) is 75.5 cm³/mol. The monoisotopic (exact) mass is 259 g/mol. The highest BCUT2D eigenvalue weighted by atomic mass is 32.1. The van der Waals surface area contributed by atoms with Crippen molar-refractivity contribution in [3.8, 4) is 5.75 Å². The normalized spacial score (nSPS) is 17.4. The quantitative estimate of drug-likeness (QED) is 0.834. The summed E-state index contributed by atoms with van der Waals surface area (Å²) in [5.74, 6) is 1.06. The van der Waals surface area contributed by atoms with Crippen LogP contribution in [-0.4, -0.2) is 19.2 Å². The van der Waals surface area contributed by atoms with Crippen LogP contribution in [-0.2, 0) is 12.8 Å². The Kier molecular flexibility index (Phi) is 3.62. The lowest BCUT2D eigenvalue weighted by molar-refractivity contribution is 0.228. The smallest absolute Gasteiger partial charge is 0.123 e. The number of thiophene rings is 1. The Morgan fingerprint density at radius 2 is 2.22 bits per heavy atom. The molecule has 3 heteroatoms. The van der Waals surface area contributed by atoms with Gasteiger partial charge in [-0.15, -0.1) is 0 Å². The molecule has 0 aliphatic carbocycles. The zero-order valence-corrected chi connectivity index (χ0v) is 11.1. The molecule has 1 unspecified atom stereocenters. The Labute approximate surface area is 112 Å². The summed E-state index contributed by atoms with van der Waals surface area (Å²) in [7, 11) is 0. The van der Waals surface area contributed by atoms with Crippen molar-refractivity contribution < 1.29 is 4.74 Å². The molecular weight excluding hydrogens is 242 g/mol. The van der Waals surface area contributed by atoms with Crippen LogP contribution in [0.2, 0.25) is 0 Å². The molecular formula is C15H17NOS. The number of fused-ring (bicyclic) bond motifs is 1. The molecule has 1 aromatic carbocycles. The summed E-state index contributed by atoms with van der Waals surface area (Å²) in [5, 5.41) is 7.82. The topological polar surface area (TPSA) is 21.3 Å². The second kappa shape index (κ2) is 5.55. The van der Waals surface area contributed by atoms with Crippen molar-refractivity contribution >= 4 is 11.3 Å². The summed E-state index contributed by atoms with van der Waals surface area (Å²) < 4.78 is 5.88. The van der Waals surface area contributed by atoms with Crippen molar-refractivity contribution in [1.82, 2.24) is 5.32 Å². The van der Waals surface area contributed by atoms with Crippen LogP contribution >= 0.6 is 11.3 Å². The SMILES string of the molecule is c1ccc2c(c1)CC(CNCCc1ccsc1)O2. The zero-order chi connectivity index (χ0) is 12.2. The molecule has 2 nitrogen and oxygen atoms in total. The number of para-hydroxylation sites is 1. The van der Waals surface area contributed by atoms with Gasteiger partial charge in [0, 0.05) is 13.0 Å². The van der Waals surface area contributed by atoms with Crippen LogP contribution in [0.3, 0.4) is 0 Å². The Morgan fingerprint density at radius 3 is 3.06 bits per heavy atom. The molecule has 2 heterocycles. The van der Waals surface area contributed by atoms with Gasteiger partial charge in [0.2, 0.25) is 0 Å². The summed E-state index contributed by atoms with van der Waals surface area (Å²) in [6.45, 7) is 1.95. The van der Waals surface area contributed by atoms with Gasteiger partial charge in [-0.1, -0.05) is 18.2 Å². The standard InChI is InChI=1S/C15H17NOS/c1-2-4-15-13(3-1)9-14(17-15)10-16-7-5-12-6-8-18-11-12/h1-4,6,8,11,14,16H,5,7,9-10H2. The molecule has 1 aliphatic heterocycles. The molecule has 0 amide bonds. The molecule has 1 N–H and O–H groups in total. The summed E-state index contributed by atoms with van der Waals surface area (Å²) in [6, 6.07) is 10.5. The number of nitrogens with one attached hydrogen (secondary N) is 1. The summed E-state index contributed by atoms with van der Waals surface area (Å²) >= 11 is 1.76. The Bertz CT molecular complexity index is 470. The molecule has 0 saturated heterocycles. The van der Waals surface area contributed by atoms with E-state index in [1.54, 1.807) is 11.3 Å². The fourth-order valence-electron chi connectivity index (χ4n) is 2.30. The van der Waals surface area contributed by atoms with E-state index in [0.29, 0.717) is 6.10 Å². The van der Waals surface area contributed by atoms with E-state index in [1.807, 2.05) is 6.07 Å². The van der Waals surface area contributed by atoms with E-state index in [4.69, 9.17) is 4.74 Å². The van der Waals surface area contributed by atoms with Gasteiger partial charge < -0.3 is 10.1 Å². The summed E-state index contributed by atoms with van der Waals surface area (Å²) in [6.07, 6.45) is 2.43. The maximum Gasteiger partial charge on any atom is 0.123 e. The molecule has 3 rings (SSSR count). The summed E-state index contributed by atoms with van der Waals surface area (Å²) in [5.41, 5.74) is 2.75. The number of benzene rings is 1. The van der Waals surface area contributed by atoms with Gasteiger partial charge in [-0.2, -0.15) is 11.3 Å². The van der Waals surface area contributed by atoms with E-state index in [1.165, 1.54) is 11.1 Å². The van der Waals surface area contributed by atoms with Gasteiger partial charge in [0.05, 0.1) is 0 Å². The maximum atomic E-state index is 5.88. The fourth-order valence-corrected chi connectivity index (χ4v) is 3.00. The van der Waals surface area contributed by atoms with Crippen molar-refractivity contribution in [3.05, 3.63) is 52.2 Å². The van der Waals surface area contributed by atoms with E-state index in [9.17, 15) is 0 Å². The van der Waals surface area contributed by atoms with Gasteiger partial charge in [-0.3, -0.25) is 0 Å². The van der Waals surface area contributed by atoms with Crippen LogP contribution in [0.4, 0.5) is 0 Å². The number of hydrogen-bond acceptors (Lipinski definition) is 3. The van der Waals surface area contributed by atoms with Gasteiger partial charge in [0.15, 0.2) is 0 Å². The van der Waals surface area contributed by atoms with E-state index in [2.05, 4.69) is 40.3 Å². The lowest BCUT2D eigenvalue weighted by Crippen LogP contribution is -2.31. The minimum absolute atomic E-state index is 0.296. The van der Waals surface area contributed by atoms with Crippen LogP contribution in [0.25, 0.3) is 0 Å². The average molecular weight is 259 g/mol. The third-order valence-electron chi connectivity index (χ3n) is 3.26. The number of hydrogen-bond donors (Lipinski definition) is 1. The molecule has 0 spiro atoms. The van der Waals surface area contributed by atoms with Gasteiger partial charge in [-0.05, 0) is 47.0 Å². The van der Waals surface area contributed by atoms with Crippen molar-refractivity contribution in [3.63, 3.8) is 0 Å². The lowest BCUT2D eigenvalue weighted by Gasteiger charge is -2.11. The first-order valence-electron chi connectivity index (χ1n) is 6.38.